The standard InChI is InChI=1S/C13H13FN2O3/c1-7-11(17)15-13(19)16(12(7)18)8(2)9-3-5-10(14)6-4-9/h3-6,8,18H,1-2H3,(H,15,17,19). The van der Waals surface area contributed by atoms with E-state index in [0.717, 1.165) is 4.57 Å². The van der Waals surface area contributed by atoms with Crippen LogP contribution in [-0.4, -0.2) is 14.7 Å². The number of aromatic hydroxyl groups is 1. The largest absolute Gasteiger partial charge is 0.494 e. The van der Waals surface area contributed by atoms with Crippen molar-refractivity contribution in [1.82, 2.24) is 9.55 Å². The van der Waals surface area contributed by atoms with Crippen LogP contribution in [0.2, 0.25) is 0 Å². The maximum Gasteiger partial charge on any atom is 0.331 e. The molecule has 1 heterocycles. The molecule has 1 aromatic carbocycles. The van der Waals surface area contributed by atoms with Gasteiger partial charge in [0.15, 0.2) is 0 Å². The smallest absolute Gasteiger partial charge is 0.331 e. The van der Waals surface area contributed by atoms with Crippen molar-refractivity contribution in [3.05, 3.63) is 62.0 Å². The zero-order valence-electron chi connectivity index (χ0n) is 10.5. The fourth-order valence-corrected chi connectivity index (χ4v) is 1.88. The number of nitrogens with one attached hydrogen (secondary N) is 1. The van der Waals surface area contributed by atoms with E-state index >= 15 is 0 Å². The van der Waals surface area contributed by atoms with E-state index in [1.54, 1.807) is 6.92 Å². The van der Waals surface area contributed by atoms with Gasteiger partial charge in [-0.25, -0.2) is 9.18 Å². The molecule has 0 amide bonds. The summed E-state index contributed by atoms with van der Waals surface area (Å²) in [6.45, 7) is 3.09. The molecule has 2 aromatic rings. The summed E-state index contributed by atoms with van der Waals surface area (Å²) in [7, 11) is 0. The average Bonchev–Trinajstić information content (AvgIpc) is 2.37. The Hall–Kier alpha value is -2.37. The molecule has 0 radical (unpaired) electrons. The lowest BCUT2D eigenvalue weighted by Gasteiger charge is -2.17. The normalized spacial score (nSPS) is 12.4. The van der Waals surface area contributed by atoms with Crippen molar-refractivity contribution in [3.63, 3.8) is 0 Å². The van der Waals surface area contributed by atoms with E-state index in [-0.39, 0.29) is 17.3 Å². The van der Waals surface area contributed by atoms with Crippen LogP contribution in [0.1, 0.15) is 24.1 Å². The van der Waals surface area contributed by atoms with Gasteiger partial charge in [0.1, 0.15) is 5.82 Å². The average molecular weight is 264 g/mol. The summed E-state index contributed by atoms with van der Waals surface area (Å²) in [4.78, 5) is 25.2. The number of H-pyrrole nitrogens is 1. The van der Waals surface area contributed by atoms with Crippen molar-refractivity contribution < 1.29 is 9.50 Å². The van der Waals surface area contributed by atoms with Crippen molar-refractivity contribution in [2.75, 3.05) is 0 Å². The molecule has 1 unspecified atom stereocenters. The van der Waals surface area contributed by atoms with Gasteiger partial charge in [-0.2, -0.15) is 0 Å². The zero-order valence-corrected chi connectivity index (χ0v) is 10.5. The number of nitrogens with zero attached hydrogens (tertiary/aromatic N) is 1. The number of aromatic nitrogens is 2. The highest BCUT2D eigenvalue weighted by atomic mass is 19.1. The first kappa shape index (κ1) is 13.1. The predicted octanol–water partition coefficient (Wildman–Crippen LogP) is 1.30. The number of halogens is 1. The highest BCUT2D eigenvalue weighted by Crippen LogP contribution is 2.21. The van der Waals surface area contributed by atoms with Gasteiger partial charge in [0.25, 0.3) is 5.56 Å². The van der Waals surface area contributed by atoms with Gasteiger partial charge in [-0.05, 0) is 31.5 Å². The lowest BCUT2D eigenvalue weighted by atomic mass is 10.1. The van der Waals surface area contributed by atoms with Crippen molar-refractivity contribution >= 4 is 0 Å². The molecular formula is C13H13FN2O3. The molecule has 100 valence electrons. The van der Waals surface area contributed by atoms with E-state index < -0.39 is 17.3 Å². The van der Waals surface area contributed by atoms with Crippen LogP contribution in [0, 0.1) is 12.7 Å². The molecule has 19 heavy (non-hydrogen) atoms. The molecule has 2 N–H and O–H groups in total. The van der Waals surface area contributed by atoms with Crippen molar-refractivity contribution in [2.45, 2.75) is 19.9 Å². The van der Waals surface area contributed by atoms with Gasteiger partial charge in [0.05, 0.1) is 11.6 Å². The van der Waals surface area contributed by atoms with Gasteiger partial charge in [0.2, 0.25) is 5.88 Å². The van der Waals surface area contributed by atoms with Gasteiger partial charge < -0.3 is 5.11 Å². The van der Waals surface area contributed by atoms with Crippen molar-refractivity contribution in [3.8, 4) is 5.88 Å². The fourth-order valence-electron chi connectivity index (χ4n) is 1.88. The SMILES string of the molecule is Cc1c(O)n(C(C)c2ccc(F)cc2)c(=O)[nH]c1=O. The van der Waals surface area contributed by atoms with Crippen molar-refractivity contribution in [2.24, 2.45) is 0 Å². The Morgan fingerprint density at radius 3 is 2.42 bits per heavy atom. The Labute approximate surface area is 108 Å². The Morgan fingerprint density at radius 2 is 1.84 bits per heavy atom. The van der Waals surface area contributed by atoms with E-state index in [1.165, 1.54) is 31.2 Å². The lowest BCUT2D eigenvalue weighted by Crippen LogP contribution is -2.33. The van der Waals surface area contributed by atoms with Crippen LogP contribution in [0.3, 0.4) is 0 Å². The molecule has 0 bridgehead atoms. The third kappa shape index (κ3) is 2.29. The highest BCUT2D eigenvalue weighted by Gasteiger charge is 2.17. The molecule has 0 aliphatic rings. The summed E-state index contributed by atoms with van der Waals surface area (Å²) in [6.07, 6.45) is 0. The first-order valence-corrected chi connectivity index (χ1v) is 5.71. The molecule has 0 saturated carbocycles. The monoisotopic (exact) mass is 264 g/mol. The first-order chi connectivity index (χ1) is 8.91. The molecule has 1 aromatic heterocycles. The van der Waals surface area contributed by atoms with Gasteiger partial charge in [-0.1, -0.05) is 12.1 Å². The van der Waals surface area contributed by atoms with Crippen molar-refractivity contribution in [1.29, 1.82) is 0 Å². The number of hydrogen-bond donors (Lipinski definition) is 2. The third-order valence-electron chi connectivity index (χ3n) is 3.08. The number of rotatable bonds is 2. The van der Waals surface area contributed by atoms with Crippen LogP contribution < -0.4 is 11.2 Å². The second kappa shape index (κ2) is 4.72. The molecule has 0 aliphatic carbocycles. The Morgan fingerprint density at radius 1 is 1.26 bits per heavy atom. The van der Waals surface area contributed by atoms with E-state index in [2.05, 4.69) is 4.98 Å². The summed E-state index contributed by atoms with van der Waals surface area (Å²) >= 11 is 0. The van der Waals surface area contributed by atoms with Crippen LogP contribution in [0.15, 0.2) is 33.9 Å². The molecule has 1 atom stereocenters. The molecule has 0 aliphatic heterocycles. The minimum Gasteiger partial charge on any atom is -0.494 e. The molecule has 0 saturated heterocycles. The van der Waals surface area contributed by atoms with Gasteiger partial charge in [-0.15, -0.1) is 0 Å². The molecule has 5 nitrogen and oxygen atoms in total. The fraction of sp³-hybridized carbons (Fsp3) is 0.231. The third-order valence-corrected chi connectivity index (χ3v) is 3.08. The van der Waals surface area contributed by atoms with E-state index in [0.29, 0.717) is 5.56 Å². The first-order valence-electron chi connectivity index (χ1n) is 5.71. The number of hydrogen-bond acceptors (Lipinski definition) is 3. The second-order valence-corrected chi connectivity index (χ2v) is 4.31. The molecule has 0 spiro atoms. The summed E-state index contributed by atoms with van der Waals surface area (Å²) in [5.41, 5.74) is -0.617. The van der Waals surface area contributed by atoms with Gasteiger partial charge in [0, 0.05) is 0 Å². The maximum atomic E-state index is 12.9. The zero-order chi connectivity index (χ0) is 14.2. The van der Waals surface area contributed by atoms with Crippen LogP contribution in [0.25, 0.3) is 0 Å². The van der Waals surface area contributed by atoms with Crippen LogP contribution in [-0.2, 0) is 0 Å². The summed E-state index contributed by atoms with van der Waals surface area (Å²) in [5, 5.41) is 9.91. The minimum atomic E-state index is -0.704. The van der Waals surface area contributed by atoms with Gasteiger partial charge in [-0.3, -0.25) is 14.3 Å². The van der Waals surface area contributed by atoms with E-state index in [9.17, 15) is 19.1 Å². The summed E-state index contributed by atoms with van der Waals surface area (Å²) < 4.78 is 13.9. The quantitative estimate of drug-likeness (QED) is 0.858. The number of aromatic amines is 1. The molecule has 6 heteroatoms. The van der Waals surface area contributed by atoms with Crippen LogP contribution in [0.4, 0.5) is 4.39 Å². The molecule has 0 fully saturated rings. The minimum absolute atomic E-state index is 0.0635. The molecular weight excluding hydrogens is 251 g/mol. The van der Waals surface area contributed by atoms with Crippen LogP contribution >= 0.6 is 0 Å². The maximum absolute atomic E-state index is 12.9. The Kier molecular flexibility index (Phi) is 3.25. The lowest BCUT2D eigenvalue weighted by molar-refractivity contribution is 0.384. The topological polar surface area (TPSA) is 75.1 Å². The van der Waals surface area contributed by atoms with E-state index in [4.69, 9.17) is 0 Å². The summed E-state index contributed by atoms with van der Waals surface area (Å²) in [6, 6.07) is 5.06. The Bertz CT molecular complexity index is 716. The second-order valence-electron chi connectivity index (χ2n) is 4.31. The highest BCUT2D eigenvalue weighted by molar-refractivity contribution is 5.26. The van der Waals surface area contributed by atoms with Gasteiger partial charge >= 0.3 is 5.69 Å². The predicted molar refractivity (Wildman–Crippen MR) is 67.9 cm³/mol. The molecule has 2 rings (SSSR count). The number of benzene rings is 1. The van der Waals surface area contributed by atoms with E-state index in [1.807, 2.05) is 0 Å². The summed E-state index contributed by atoms with van der Waals surface area (Å²) in [5.74, 6) is -0.768. The van der Waals surface area contributed by atoms with Crippen LogP contribution in [0.5, 0.6) is 5.88 Å². The Balaban J connectivity index is 2.59.